The van der Waals surface area contributed by atoms with Crippen molar-refractivity contribution in [1.82, 2.24) is 0 Å². The molecule has 0 aromatic heterocycles. The van der Waals surface area contributed by atoms with Gasteiger partial charge in [0.15, 0.2) is 31.3 Å². The maximum Gasteiger partial charge on any atom is 0.317 e. The molecule has 9 fully saturated rings. The number of esters is 1. The fourth-order valence-electron chi connectivity index (χ4n) is 17.8. The number of ether oxygens (including phenoxy) is 10. The van der Waals surface area contributed by atoms with Gasteiger partial charge >= 0.3 is 5.97 Å². The molecule has 10 rings (SSSR count). The molecule has 0 aromatic rings. The second kappa shape index (κ2) is 24.3. The SMILES string of the molecule is C[C@@H]1O[C@@H](O[C@H]2[C@H](O)[C@H](O[C@@H]3[C@@H](O)[C@H](O)[C@H](O[C@@H]4[C@H](OC(=O)[C@]56CCC(C)(C)C[C@H]5C5=CC[C@@H]7[C@@]8(C)C[C@H](O)[C@H](O[C@H]9O[C@H](CO)[C@@H](O)[C@H](O)[C@H]9O)[C@@](C)(CO)[C@@H]8CC[C@@]7(C)[C@]5(C)C[C@H]6O)O[C@@H](C)[C@H](O)[C@H]4O)O[C@H]3C)OC[C@@H]2O)[C@@H](O)[C@@H](O)[C@H]1O. The summed E-state index contributed by atoms with van der Waals surface area (Å²) in [7, 11) is 0. The molecular formula is C59H96O27. The third-order valence-corrected chi connectivity index (χ3v) is 23.1. The fourth-order valence-corrected chi connectivity index (χ4v) is 17.8. The Labute approximate surface area is 499 Å². The molecule has 5 saturated heterocycles. The average Bonchev–Trinajstić information content (AvgIpc) is 0.673. The Balaban J connectivity index is 0.865. The minimum Gasteiger partial charge on any atom is -0.432 e. The van der Waals surface area contributed by atoms with Crippen molar-refractivity contribution in [3.8, 4) is 0 Å². The third kappa shape index (κ3) is 10.8. The molecular weight excluding hydrogens is 1140 g/mol. The van der Waals surface area contributed by atoms with Crippen LogP contribution >= 0.6 is 0 Å². The van der Waals surface area contributed by atoms with Gasteiger partial charge < -0.3 is 129 Å². The highest BCUT2D eigenvalue weighted by Gasteiger charge is 2.73. The number of fused-ring (bicyclic) bond motifs is 7. The zero-order chi connectivity index (χ0) is 63.0. The summed E-state index contributed by atoms with van der Waals surface area (Å²) in [5, 5.41) is 178. The summed E-state index contributed by atoms with van der Waals surface area (Å²) in [5.74, 6) is -1.85. The molecule has 0 unspecified atom stereocenters. The Hall–Kier alpha value is -1.79. The lowest BCUT2D eigenvalue weighted by Crippen LogP contribution is -2.70. The minimum absolute atomic E-state index is 0.120. The molecule has 0 radical (unpaired) electrons. The van der Waals surface area contributed by atoms with Crippen molar-refractivity contribution in [2.24, 2.45) is 50.2 Å². The van der Waals surface area contributed by atoms with Crippen molar-refractivity contribution < 1.29 is 134 Å². The number of carbonyl (C=O) groups excluding carboxylic acids is 1. The van der Waals surface area contributed by atoms with E-state index in [-0.39, 0.29) is 36.5 Å². The van der Waals surface area contributed by atoms with Gasteiger partial charge in [-0.25, -0.2) is 0 Å². The van der Waals surface area contributed by atoms with Gasteiger partial charge in [0.1, 0.15) is 97.0 Å². The molecule has 5 aliphatic carbocycles. The second-order valence-corrected chi connectivity index (χ2v) is 28.7. The van der Waals surface area contributed by atoms with E-state index in [9.17, 15) is 81.7 Å². The number of rotatable bonds is 12. The maximum atomic E-state index is 15.6. The van der Waals surface area contributed by atoms with Crippen LogP contribution < -0.4 is 0 Å². The summed E-state index contributed by atoms with van der Waals surface area (Å²) < 4.78 is 59.4. The molecule has 10 aliphatic rings. The van der Waals surface area contributed by atoms with E-state index in [0.29, 0.717) is 32.1 Å². The van der Waals surface area contributed by atoms with Crippen LogP contribution in [0.2, 0.25) is 0 Å². The first-order chi connectivity index (χ1) is 40.2. The molecule has 494 valence electrons. The quantitative estimate of drug-likeness (QED) is 0.0510. The van der Waals surface area contributed by atoms with Gasteiger partial charge in [-0.2, -0.15) is 0 Å². The van der Waals surface area contributed by atoms with Crippen molar-refractivity contribution >= 4 is 5.97 Å². The first kappa shape index (κ1) is 67.1. The molecule has 5 heterocycles. The van der Waals surface area contributed by atoms with Crippen LogP contribution in [0.1, 0.15) is 114 Å². The lowest BCUT2D eigenvalue weighted by molar-refractivity contribution is -0.380. The molecule has 16 N–H and O–H groups in total. The van der Waals surface area contributed by atoms with Crippen molar-refractivity contribution in [1.29, 1.82) is 0 Å². The normalized spacial score (nSPS) is 56.5. The number of hydrogen-bond donors (Lipinski definition) is 16. The Kier molecular flexibility index (Phi) is 18.9. The van der Waals surface area contributed by atoms with E-state index in [4.69, 9.17) is 47.4 Å². The first-order valence-electron chi connectivity index (χ1n) is 30.7. The Morgan fingerprint density at radius 2 is 1.10 bits per heavy atom. The smallest absolute Gasteiger partial charge is 0.317 e. The van der Waals surface area contributed by atoms with Gasteiger partial charge in [-0.1, -0.05) is 53.2 Å². The van der Waals surface area contributed by atoms with Crippen LogP contribution in [-0.4, -0.2) is 273 Å². The standard InChI is InChI=1S/C59H96O27/c1-22-33(65)36(68)40(72)49(78-22)83-45-28(63)20-77-48(43(45)75)82-44-24(3)80-50(42(74)39(44)71)84-46-38(70)34(66)23(2)79-52(46)86-53(76)59-15-14-54(4,5)16-26(59)25-10-11-31-55(6)17-27(62)47(85-51-41(73)37(69)35(67)29(19-60)81-51)56(7,21-61)30(55)12-13-57(31,8)58(25,9)18-32(59)64/h10,22-24,26-52,60-75H,11-21H2,1-9H3/t22-,23-,24-,26-,27-,28-,29+,30+,31+,32+,33-,34-,35+,36-,37-,38+,39-,40-,41+,42-,43-,44-,45+,46-,47-,48-,49-,50-,51+,52-,55-,56-,57+,58+,59+/m0/s1. The summed E-state index contributed by atoms with van der Waals surface area (Å²) in [6.45, 7) is 15.2. The van der Waals surface area contributed by atoms with Crippen LogP contribution in [-0.2, 0) is 52.2 Å². The zero-order valence-electron chi connectivity index (χ0n) is 50.3. The molecule has 27 nitrogen and oxygen atoms in total. The van der Waals surface area contributed by atoms with Crippen LogP contribution in [0.4, 0.5) is 0 Å². The third-order valence-electron chi connectivity index (χ3n) is 23.1. The zero-order valence-corrected chi connectivity index (χ0v) is 50.3. The maximum absolute atomic E-state index is 15.6. The minimum atomic E-state index is -1.99. The largest absolute Gasteiger partial charge is 0.432 e. The molecule has 5 aliphatic heterocycles. The van der Waals surface area contributed by atoms with Crippen LogP contribution in [0.5, 0.6) is 0 Å². The highest BCUT2D eigenvalue weighted by atomic mass is 16.8. The van der Waals surface area contributed by atoms with Crippen molar-refractivity contribution in [3.05, 3.63) is 11.6 Å². The van der Waals surface area contributed by atoms with Gasteiger partial charge in [-0.05, 0) is 112 Å². The lowest BCUT2D eigenvalue weighted by Gasteiger charge is -2.72. The number of aliphatic hydroxyl groups excluding tert-OH is 16. The van der Waals surface area contributed by atoms with E-state index in [1.807, 2.05) is 6.92 Å². The van der Waals surface area contributed by atoms with Crippen LogP contribution in [0, 0.1) is 50.2 Å². The predicted molar refractivity (Wildman–Crippen MR) is 289 cm³/mol. The molecule has 27 heteroatoms. The van der Waals surface area contributed by atoms with Gasteiger partial charge in [0, 0.05) is 5.41 Å². The fraction of sp³-hybridized carbons (Fsp3) is 0.949. The highest BCUT2D eigenvalue weighted by molar-refractivity contribution is 5.80. The van der Waals surface area contributed by atoms with Crippen LogP contribution in [0.3, 0.4) is 0 Å². The monoisotopic (exact) mass is 1240 g/mol. The van der Waals surface area contributed by atoms with E-state index in [1.165, 1.54) is 20.8 Å². The van der Waals surface area contributed by atoms with Crippen LogP contribution in [0.25, 0.3) is 0 Å². The molecule has 0 amide bonds. The van der Waals surface area contributed by atoms with Gasteiger partial charge in [0.05, 0.1) is 56.4 Å². The van der Waals surface area contributed by atoms with Crippen LogP contribution in [0.15, 0.2) is 11.6 Å². The molecule has 35 atom stereocenters. The molecule has 0 spiro atoms. The summed E-state index contributed by atoms with van der Waals surface area (Å²) in [4.78, 5) is 15.6. The second-order valence-electron chi connectivity index (χ2n) is 28.7. The number of hydrogen-bond acceptors (Lipinski definition) is 27. The number of allylic oxidation sites excluding steroid dienone is 2. The van der Waals surface area contributed by atoms with Crippen molar-refractivity contribution in [2.75, 3.05) is 19.8 Å². The van der Waals surface area contributed by atoms with Gasteiger partial charge in [0.2, 0.25) is 6.29 Å². The Morgan fingerprint density at radius 1 is 0.547 bits per heavy atom. The summed E-state index contributed by atoms with van der Waals surface area (Å²) in [6.07, 6.45) is -36.8. The Bertz CT molecular complexity index is 2420. The van der Waals surface area contributed by atoms with E-state index >= 15 is 4.79 Å². The molecule has 0 aromatic carbocycles. The van der Waals surface area contributed by atoms with E-state index < -0.39 is 225 Å². The van der Waals surface area contributed by atoms with Gasteiger partial charge in [0.25, 0.3) is 0 Å². The molecule has 4 saturated carbocycles. The Morgan fingerprint density at radius 3 is 1.74 bits per heavy atom. The molecule has 86 heavy (non-hydrogen) atoms. The summed E-state index contributed by atoms with van der Waals surface area (Å²) in [6, 6.07) is 0. The van der Waals surface area contributed by atoms with Gasteiger partial charge in [-0.15, -0.1) is 0 Å². The summed E-state index contributed by atoms with van der Waals surface area (Å²) in [5.41, 5.74) is -4.01. The van der Waals surface area contributed by atoms with E-state index in [0.717, 1.165) is 5.57 Å². The summed E-state index contributed by atoms with van der Waals surface area (Å²) >= 11 is 0. The van der Waals surface area contributed by atoms with Gasteiger partial charge in [-0.3, -0.25) is 4.79 Å². The van der Waals surface area contributed by atoms with Crippen molar-refractivity contribution in [2.45, 2.75) is 279 Å². The first-order valence-corrected chi connectivity index (χ1v) is 30.7. The predicted octanol–water partition coefficient (Wildman–Crippen LogP) is -3.58. The topological polar surface area (TPSA) is 433 Å². The number of aliphatic hydroxyl groups is 16. The van der Waals surface area contributed by atoms with E-state index in [1.54, 1.807) is 0 Å². The molecule has 0 bridgehead atoms. The lowest BCUT2D eigenvalue weighted by atomic mass is 9.33. The van der Waals surface area contributed by atoms with Crippen molar-refractivity contribution in [3.63, 3.8) is 0 Å². The average molecular weight is 1240 g/mol. The van der Waals surface area contributed by atoms with E-state index in [2.05, 4.69) is 40.7 Å². The highest BCUT2D eigenvalue weighted by Crippen LogP contribution is 2.76. The number of carbonyl (C=O) groups is 1.